The van der Waals surface area contributed by atoms with E-state index in [0.29, 0.717) is 12.2 Å². The van der Waals surface area contributed by atoms with Gasteiger partial charge >= 0.3 is 0 Å². The van der Waals surface area contributed by atoms with E-state index in [0.717, 1.165) is 12.8 Å². The van der Waals surface area contributed by atoms with E-state index in [1.54, 1.807) is 0 Å². The molecular weight excluding hydrogens is 274 g/mol. The summed E-state index contributed by atoms with van der Waals surface area (Å²) < 4.78 is 13.2. The van der Waals surface area contributed by atoms with Gasteiger partial charge in [-0.05, 0) is 38.8 Å². The first-order chi connectivity index (χ1) is 8.35. The minimum Gasteiger partial charge on any atom is -0.385 e. The fourth-order valence-corrected chi connectivity index (χ4v) is 1.96. The average molecular weight is 289 g/mol. The van der Waals surface area contributed by atoms with Gasteiger partial charge in [-0.25, -0.2) is 4.39 Å². The van der Waals surface area contributed by atoms with Gasteiger partial charge in [0, 0.05) is 12.2 Å². The van der Waals surface area contributed by atoms with Gasteiger partial charge < -0.3 is 5.32 Å². The van der Waals surface area contributed by atoms with Gasteiger partial charge in [0.15, 0.2) is 5.82 Å². The molecule has 5 heteroatoms. The molecule has 0 aromatic heterocycles. The molecule has 0 bridgehead atoms. The number of nitriles is 1. The van der Waals surface area contributed by atoms with Gasteiger partial charge in [0.05, 0.1) is 21.5 Å². The lowest BCUT2D eigenvalue weighted by molar-refractivity contribution is 0.441. The van der Waals surface area contributed by atoms with Gasteiger partial charge in [-0.3, -0.25) is 0 Å². The first-order valence-corrected chi connectivity index (χ1v) is 6.41. The van der Waals surface area contributed by atoms with Crippen LogP contribution in [-0.4, -0.2) is 6.54 Å². The molecule has 1 aromatic rings. The van der Waals surface area contributed by atoms with Crippen LogP contribution in [0.5, 0.6) is 0 Å². The molecule has 0 heterocycles. The third kappa shape index (κ3) is 4.36. The van der Waals surface area contributed by atoms with Crippen molar-refractivity contribution in [1.29, 1.82) is 5.26 Å². The van der Waals surface area contributed by atoms with Crippen molar-refractivity contribution in [1.82, 2.24) is 0 Å². The molecule has 0 spiro atoms. The second-order valence-electron chi connectivity index (χ2n) is 4.78. The Morgan fingerprint density at radius 1 is 1.33 bits per heavy atom. The second kappa shape index (κ2) is 6.26. The van der Waals surface area contributed by atoms with Crippen molar-refractivity contribution >= 4 is 28.9 Å². The van der Waals surface area contributed by atoms with Crippen molar-refractivity contribution in [3.63, 3.8) is 0 Å². The summed E-state index contributed by atoms with van der Waals surface area (Å²) in [5, 5.41) is 12.0. The molecule has 1 N–H and O–H groups in total. The summed E-state index contributed by atoms with van der Waals surface area (Å²) in [5.74, 6) is -0.602. The van der Waals surface area contributed by atoms with Crippen molar-refractivity contribution in [3.8, 4) is 6.07 Å². The van der Waals surface area contributed by atoms with E-state index in [1.165, 1.54) is 12.1 Å². The maximum Gasteiger partial charge on any atom is 0.160 e. The van der Waals surface area contributed by atoms with Crippen molar-refractivity contribution < 1.29 is 4.39 Å². The number of benzene rings is 1. The lowest BCUT2D eigenvalue weighted by Crippen LogP contribution is -2.11. The van der Waals surface area contributed by atoms with Crippen LogP contribution in [0.2, 0.25) is 10.0 Å². The van der Waals surface area contributed by atoms with Gasteiger partial charge in [0.1, 0.15) is 0 Å². The van der Waals surface area contributed by atoms with Crippen molar-refractivity contribution in [2.75, 3.05) is 11.9 Å². The molecule has 18 heavy (non-hydrogen) atoms. The van der Waals surface area contributed by atoms with Crippen LogP contribution in [0, 0.1) is 22.6 Å². The summed E-state index contributed by atoms with van der Waals surface area (Å²) in [7, 11) is 0. The molecule has 1 rings (SSSR count). The quantitative estimate of drug-likeness (QED) is 0.619. The lowest BCUT2D eigenvalue weighted by Gasteiger charge is -2.15. The van der Waals surface area contributed by atoms with Crippen LogP contribution in [0.4, 0.5) is 10.1 Å². The van der Waals surface area contributed by atoms with E-state index in [4.69, 9.17) is 28.5 Å². The number of halogens is 3. The van der Waals surface area contributed by atoms with Gasteiger partial charge in [-0.2, -0.15) is 5.26 Å². The fourth-order valence-electron chi connectivity index (χ4n) is 1.48. The first-order valence-electron chi connectivity index (χ1n) is 5.65. The summed E-state index contributed by atoms with van der Waals surface area (Å²) in [6.07, 6.45) is 1.63. The van der Waals surface area contributed by atoms with Gasteiger partial charge in [-0.1, -0.05) is 23.2 Å². The zero-order valence-corrected chi connectivity index (χ0v) is 11.9. The zero-order chi connectivity index (χ0) is 13.8. The van der Waals surface area contributed by atoms with E-state index in [2.05, 4.69) is 11.4 Å². The highest BCUT2D eigenvalue weighted by molar-refractivity contribution is 6.35. The van der Waals surface area contributed by atoms with Crippen LogP contribution in [0.25, 0.3) is 0 Å². The van der Waals surface area contributed by atoms with Crippen LogP contribution in [0.15, 0.2) is 12.1 Å². The topological polar surface area (TPSA) is 35.8 Å². The zero-order valence-electron chi connectivity index (χ0n) is 10.4. The Morgan fingerprint density at radius 3 is 2.39 bits per heavy atom. The van der Waals surface area contributed by atoms with Crippen molar-refractivity contribution in [3.05, 3.63) is 28.0 Å². The smallest absolute Gasteiger partial charge is 0.160 e. The minimum atomic E-state index is -0.602. The molecule has 0 unspecified atom stereocenters. The molecule has 0 radical (unpaired) electrons. The van der Waals surface area contributed by atoms with Crippen molar-refractivity contribution in [2.45, 2.75) is 26.7 Å². The maximum absolute atomic E-state index is 13.2. The monoisotopic (exact) mass is 288 g/mol. The summed E-state index contributed by atoms with van der Waals surface area (Å²) in [4.78, 5) is 0. The predicted octanol–water partition coefficient (Wildman–Crippen LogP) is 4.87. The number of anilines is 1. The molecular formula is C13H15Cl2FN2. The second-order valence-corrected chi connectivity index (χ2v) is 5.59. The molecule has 0 aliphatic carbocycles. The Kier molecular flexibility index (Phi) is 5.25. The number of nitrogens with one attached hydrogen (secondary N) is 1. The van der Waals surface area contributed by atoms with Crippen molar-refractivity contribution in [2.24, 2.45) is 5.41 Å². The van der Waals surface area contributed by atoms with E-state index >= 15 is 0 Å². The van der Waals surface area contributed by atoms with E-state index < -0.39 is 5.82 Å². The molecule has 0 aliphatic rings. The summed E-state index contributed by atoms with van der Waals surface area (Å²) in [6, 6.07) is 5.24. The number of hydrogen-bond acceptors (Lipinski definition) is 2. The van der Waals surface area contributed by atoms with E-state index in [-0.39, 0.29) is 15.5 Å². The van der Waals surface area contributed by atoms with Crippen LogP contribution in [0.3, 0.4) is 0 Å². The van der Waals surface area contributed by atoms with Crippen LogP contribution < -0.4 is 5.32 Å². The molecule has 98 valence electrons. The Bertz CT molecular complexity index is 444. The fraction of sp³-hybridized carbons (Fsp3) is 0.462. The molecule has 0 amide bonds. The van der Waals surface area contributed by atoms with Crippen LogP contribution in [0.1, 0.15) is 26.7 Å². The Labute approximate surface area is 117 Å². The van der Waals surface area contributed by atoms with E-state index in [9.17, 15) is 4.39 Å². The largest absolute Gasteiger partial charge is 0.385 e. The number of hydrogen-bond donors (Lipinski definition) is 1. The summed E-state index contributed by atoms with van der Waals surface area (Å²) >= 11 is 11.4. The first kappa shape index (κ1) is 15.1. The molecule has 0 atom stereocenters. The third-order valence-electron chi connectivity index (χ3n) is 2.59. The predicted molar refractivity (Wildman–Crippen MR) is 73.5 cm³/mol. The molecule has 0 saturated carbocycles. The summed E-state index contributed by atoms with van der Waals surface area (Å²) in [6.45, 7) is 4.49. The molecule has 0 fully saturated rings. The number of rotatable bonds is 5. The van der Waals surface area contributed by atoms with Gasteiger partial charge in [-0.15, -0.1) is 0 Å². The highest BCUT2D eigenvalue weighted by atomic mass is 35.5. The normalized spacial score (nSPS) is 11.1. The van der Waals surface area contributed by atoms with Gasteiger partial charge in [0.2, 0.25) is 0 Å². The molecule has 0 saturated heterocycles. The van der Waals surface area contributed by atoms with Crippen LogP contribution in [-0.2, 0) is 0 Å². The summed E-state index contributed by atoms with van der Waals surface area (Å²) in [5.41, 5.74) is 0.362. The Morgan fingerprint density at radius 2 is 1.89 bits per heavy atom. The molecule has 0 aliphatic heterocycles. The van der Waals surface area contributed by atoms with Crippen LogP contribution >= 0.6 is 23.2 Å². The van der Waals surface area contributed by atoms with E-state index in [1.807, 2.05) is 13.8 Å². The average Bonchev–Trinajstić information content (AvgIpc) is 2.31. The van der Waals surface area contributed by atoms with Gasteiger partial charge in [0.25, 0.3) is 0 Å². The molecule has 2 nitrogen and oxygen atoms in total. The highest BCUT2D eigenvalue weighted by Crippen LogP contribution is 2.27. The molecule has 1 aromatic carbocycles. The minimum absolute atomic E-state index is 0.00218. The highest BCUT2D eigenvalue weighted by Gasteiger charge is 2.15. The Balaban J connectivity index is 2.48. The standard InChI is InChI=1S/C13H15Cl2FN2/c1-13(2,8-17)4-3-5-18-9-6-10(14)12(16)11(15)7-9/h6-7,18H,3-5H2,1-2H3. The number of nitrogens with zero attached hydrogens (tertiary/aromatic N) is 1. The SMILES string of the molecule is CC(C)(C#N)CCCNc1cc(Cl)c(F)c(Cl)c1. The third-order valence-corrected chi connectivity index (χ3v) is 3.14. The maximum atomic E-state index is 13.2. The lowest BCUT2D eigenvalue weighted by atomic mass is 9.90. The Hall–Kier alpha value is -0.980.